The van der Waals surface area contributed by atoms with Gasteiger partial charge in [0, 0.05) is 18.8 Å². The molecule has 0 bridgehead atoms. The van der Waals surface area contributed by atoms with Crippen molar-refractivity contribution in [1.82, 2.24) is 0 Å². The molecule has 1 aliphatic rings. The predicted octanol–water partition coefficient (Wildman–Crippen LogP) is 2.95. The molecule has 0 radical (unpaired) electrons. The van der Waals surface area contributed by atoms with Crippen molar-refractivity contribution in [2.75, 3.05) is 31.2 Å². The van der Waals surface area contributed by atoms with Gasteiger partial charge in [0.2, 0.25) is 0 Å². The van der Waals surface area contributed by atoms with Gasteiger partial charge in [0.05, 0.1) is 13.2 Å². The monoisotopic (exact) mass is 295 g/mol. The molecule has 2 aromatic rings. The standard InChI is InChI=1S/C19H21NO2/c1-2-19(21,16-6-4-3-5-7-16)17-8-10-18(11-9-17)20-12-14-22-15-13-20/h2-11,21H,1,12-15H2. The minimum Gasteiger partial charge on any atom is -0.378 e. The first-order valence-electron chi connectivity index (χ1n) is 7.59. The largest absolute Gasteiger partial charge is 0.378 e. The Balaban J connectivity index is 1.89. The summed E-state index contributed by atoms with van der Waals surface area (Å²) in [6.07, 6.45) is 1.59. The Labute approximate surface area is 131 Å². The first-order valence-corrected chi connectivity index (χ1v) is 7.59. The fourth-order valence-corrected chi connectivity index (χ4v) is 2.84. The third-order valence-electron chi connectivity index (χ3n) is 4.19. The van der Waals surface area contributed by atoms with E-state index >= 15 is 0 Å². The number of morpholine rings is 1. The van der Waals surface area contributed by atoms with Crippen LogP contribution in [0, 0.1) is 0 Å². The Morgan fingerprint density at radius 2 is 1.55 bits per heavy atom. The van der Waals surface area contributed by atoms with Crippen LogP contribution in [0.3, 0.4) is 0 Å². The number of benzene rings is 2. The summed E-state index contributed by atoms with van der Waals surface area (Å²) in [6, 6.07) is 17.7. The van der Waals surface area contributed by atoms with E-state index in [1.807, 2.05) is 42.5 Å². The highest BCUT2D eigenvalue weighted by Crippen LogP contribution is 2.31. The maximum atomic E-state index is 11.0. The Morgan fingerprint density at radius 1 is 0.955 bits per heavy atom. The average Bonchev–Trinajstić information content (AvgIpc) is 2.63. The van der Waals surface area contributed by atoms with Crippen molar-refractivity contribution >= 4 is 5.69 Å². The highest BCUT2D eigenvalue weighted by molar-refractivity contribution is 5.51. The van der Waals surface area contributed by atoms with Crippen molar-refractivity contribution in [1.29, 1.82) is 0 Å². The molecule has 3 rings (SSSR count). The van der Waals surface area contributed by atoms with E-state index in [9.17, 15) is 5.11 Å². The molecule has 1 atom stereocenters. The van der Waals surface area contributed by atoms with Crippen LogP contribution in [-0.4, -0.2) is 31.4 Å². The maximum absolute atomic E-state index is 11.0. The summed E-state index contributed by atoms with van der Waals surface area (Å²) in [6.45, 7) is 7.17. The first kappa shape index (κ1) is 14.8. The topological polar surface area (TPSA) is 32.7 Å². The third-order valence-corrected chi connectivity index (χ3v) is 4.19. The predicted molar refractivity (Wildman–Crippen MR) is 89.1 cm³/mol. The van der Waals surface area contributed by atoms with E-state index in [0.29, 0.717) is 0 Å². The average molecular weight is 295 g/mol. The molecular formula is C19H21NO2. The molecule has 1 N–H and O–H groups in total. The molecule has 1 fully saturated rings. The van der Waals surface area contributed by atoms with E-state index < -0.39 is 5.60 Å². The minimum absolute atomic E-state index is 0.766. The molecule has 1 aliphatic heterocycles. The second-order valence-corrected chi connectivity index (χ2v) is 5.48. The number of hydrogen-bond donors (Lipinski definition) is 1. The summed E-state index contributed by atoms with van der Waals surface area (Å²) in [7, 11) is 0. The SMILES string of the molecule is C=CC(O)(c1ccccc1)c1ccc(N2CCOCC2)cc1. The lowest BCUT2D eigenvalue weighted by atomic mass is 9.86. The molecule has 0 spiro atoms. The lowest BCUT2D eigenvalue weighted by molar-refractivity contribution is 0.122. The Kier molecular flexibility index (Phi) is 4.27. The van der Waals surface area contributed by atoms with Gasteiger partial charge in [0.25, 0.3) is 0 Å². The fourth-order valence-electron chi connectivity index (χ4n) is 2.84. The molecule has 1 unspecified atom stereocenters. The highest BCUT2D eigenvalue weighted by atomic mass is 16.5. The molecule has 1 heterocycles. The van der Waals surface area contributed by atoms with Crippen LogP contribution in [0.2, 0.25) is 0 Å². The van der Waals surface area contributed by atoms with Crippen LogP contribution in [0.1, 0.15) is 11.1 Å². The summed E-state index contributed by atoms with van der Waals surface area (Å²) >= 11 is 0. The zero-order valence-corrected chi connectivity index (χ0v) is 12.6. The van der Waals surface area contributed by atoms with Gasteiger partial charge in [-0.25, -0.2) is 0 Å². The Morgan fingerprint density at radius 3 is 2.14 bits per heavy atom. The van der Waals surface area contributed by atoms with Gasteiger partial charge < -0.3 is 14.7 Å². The number of ether oxygens (including phenoxy) is 1. The second-order valence-electron chi connectivity index (χ2n) is 5.48. The van der Waals surface area contributed by atoms with E-state index in [4.69, 9.17) is 4.74 Å². The Bertz CT molecular complexity index is 618. The molecule has 0 amide bonds. The summed E-state index contributed by atoms with van der Waals surface area (Å²) in [5.41, 5.74) is 1.64. The number of aliphatic hydroxyl groups is 1. The van der Waals surface area contributed by atoms with Crippen molar-refractivity contribution in [3.8, 4) is 0 Å². The van der Waals surface area contributed by atoms with E-state index in [0.717, 1.165) is 43.1 Å². The van der Waals surface area contributed by atoms with Crippen molar-refractivity contribution in [2.24, 2.45) is 0 Å². The molecule has 22 heavy (non-hydrogen) atoms. The maximum Gasteiger partial charge on any atom is 0.133 e. The molecule has 3 nitrogen and oxygen atoms in total. The number of nitrogens with zero attached hydrogens (tertiary/aromatic N) is 1. The van der Waals surface area contributed by atoms with Crippen LogP contribution < -0.4 is 4.90 Å². The van der Waals surface area contributed by atoms with Gasteiger partial charge >= 0.3 is 0 Å². The molecule has 0 aromatic heterocycles. The van der Waals surface area contributed by atoms with Gasteiger partial charge in [0.15, 0.2) is 0 Å². The fraction of sp³-hybridized carbons (Fsp3) is 0.263. The number of hydrogen-bond acceptors (Lipinski definition) is 3. The molecular weight excluding hydrogens is 274 g/mol. The zero-order chi connectivity index (χ0) is 15.4. The van der Waals surface area contributed by atoms with Crippen molar-refractivity contribution < 1.29 is 9.84 Å². The van der Waals surface area contributed by atoms with Crippen LogP contribution in [0.5, 0.6) is 0 Å². The number of anilines is 1. The lowest BCUT2D eigenvalue weighted by Gasteiger charge is -2.30. The van der Waals surface area contributed by atoms with E-state index in [2.05, 4.69) is 23.6 Å². The summed E-state index contributed by atoms with van der Waals surface area (Å²) < 4.78 is 5.38. The van der Waals surface area contributed by atoms with Crippen molar-refractivity contribution in [2.45, 2.75) is 5.60 Å². The molecule has 114 valence electrons. The molecule has 0 saturated carbocycles. The van der Waals surface area contributed by atoms with Crippen LogP contribution in [0.15, 0.2) is 67.3 Å². The minimum atomic E-state index is -1.16. The van der Waals surface area contributed by atoms with Crippen LogP contribution in [0.4, 0.5) is 5.69 Å². The second kappa shape index (κ2) is 6.34. The molecule has 0 aliphatic carbocycles. The van der Waals surface area contributed by atoms with Crippen molar-refractivity contribution in [3.05, 3.63) is 78.4 Å². The lowest BCUT2D eigenvalue weighted by Crippen LogP contribution is -2.36. The molecule has 1 saturated heterocycles. The smallest absolute Gasteiger partial charge is 0.133 e. The highest BCUT2D eigenvalue weighted by Gasteiger charge is 2.27. The van der Waals surface area contributed by atoms with Gasteiger partial charge in [-0.3, -0.25) is 0 Å². The van der Waals surface area contributed by atoms with E-state index in [1.165, 1.54) is 0 Å². The molecule has 3 heteroatoms. The number of rotatable bonds is 4. The van der Waals surface area contributed by atoms with Crippen LogP contribution in [0.25, 0.3) is 0 Å². The van der Waals surface area contributed by atoms with E-state index in [-0.39, 0.29) is 0 Å². The zero-order valence-electron chi connectivity index (χ0n) is 12.6. The summed E-state index contributed by atoms with van der Waals surface area (Å²) in [5.74, 6) is 0. The van der Waals surface area contributed by atoms with Gasteiger partial charge in [-0.1, -0.05) is 55.1 Å². The van der Waals surface area contributed by atoms with E-state index in [1.54, 1.807) is 6.08 Å². The normalized spacial score (nSPS) is 17.8. The summed E-state index contributed by atoms with van der Waals surface area (Å²) in [5, 5.41) is 11.0. The Hall–Kier alpha value is -2.10. The van der Waals surface area contributed by atoms with Crippen LogP contribution >= 0.6 is 0 Å². The van der Waals surface area contributed by atoms with Gasteiger partial charge in [-0.15, -0.1) is 0 Å². The first-order chi connectivity index (χ1) is 10.7. The molecule has 2 aromatic carbocycles. The van der Waals surface area contributed by atoms with Gasteiger partial charge in [0.1, 0.15) is 5.60 Å². The van der Waals surface area contributed by atoms with Crippen molar-refractivity contribution in [3.63, 3.8) is 0 Å². The summed E-state index contributed by atoms with van der Waals surface area (Å²) in [4.78, 5) is 2.29. The third kappa shape index (κ3) is 2.78. The van der Waals surface area contributed by atoms with Gasteiger partial charge in [-0.05, 0) is 23.3 Å². The van der Waals surface area contributed by atoms with Crippen LogP contribution in [-0.2, 0) is 10.3 Å². The quantitative estimate of drug-likeness (QED) is 0.880. The van der Waals surface area contributed by atoms with Gasteiger partial charge in [-0.2, -0.15) is 0 Å².